The van der Waals surface area contributed by atoms with Crippen LogP contribution in [0.4, 0.5) is 0 Å². The lowest BCUT2D eigenvalue weighted by Gasteiger charge is -2.14. The molecule has 354 valence electrons. The molecule has 76 heavy (non-hydrogen) atoms. The zero-order valence-corrected chi connectivity index (χ0v) is 41.4. The summed E-state index contributed by atoms with van der Waals surface area (Å²) in [5.74, 6) is 1.73. The Morgan fingerprint density at radius 1 is 0.303 bits per heavy atom. The molecular weight excluding hydrogens is 949 g/mol. The van der Waals surface area contributed by atoms with Crippen molar-refractivity contribution in [1.82, 2.24) is 19.5 Å². The van der Waals surface area contributed by atoms with Gasteiger partial charge in [-0.25, -0.2) is 15.0 Å². The van der Waals surface area contributed by atoms with E-state index in [4.69, 9.17) is 23.8 Å². The molecule has 11 aromatic carbocycles. The fraction of sp³-hybridized carbons (Fsp3) is 0. The number of thiophene rings is 1. The van der Waals surface area contributed by atoms with Gasteiger partial charge in [0.2, 0.25) is 0 Å². The minimum absolute atomic E-state index is 0.564. The van der Waals surface area contributed by atoms with Crippen LogP contribution in [-0.4, -0.2) is 19.5 Å². The second-order valence-electron chi connectivity index (χ2n) is 19.5. The highest BCUT2D eigenvalue weighted by molar-refractivity contribution is 7.25. The Bertz CT molecular complexity index is 5020. The summed E-state index contributed by atoms with van der Waals surface area (Å²) < 4.78 is 18.0. The third-order valence-electron chi connectivity index (χ3n) is 15.1. The molecule has 0 amide bonds. The molecule has 0 saturated carbocycles. The van der Waals surface area contributed by atoms with Crippen molar-refractivity contribution in [3.8, 4) is 73.2 Å². The number of aromatic nitrogens is 4. The van der Waals surface area contributed by atoms with Crippen molar-refractivity contribution in [2.45, 2.75) is 0 Å². The Labute approximate surface area is 439 Å². The van der Waals surface area contributed by atoms with E-state index in [1.807, 2.05) is 78.1 Å². The molecule has 16 rings (SSSR count). The summed E-state index contributed by atoms with van der Waals surface area (Å²) in [6.07, 6.45) is 0. The van der Waals surface area contributed by atoms with Crippen molar-refractivity contribution in [3.63, 3.8) is 0 Å². The van der Waals surface area contributed by atoms with E-state index in [9.17, 15) is 0 Å². The third kappa shape index (κ3) is 6.76. The molecule has 0 aliphatic heterocycles. The number of furan rings is 2. The molecule has 0 N–H and O–H groups in total. The van der Waals surface area contributed by atoms with Gasteiger partial charge >= 0.3 is 0 Å². The molecule has 0 bridgehead atoms. The summed E-state index contributed by atoms with van der Waals surface area (Å²) in [6.45, 7) is 0. The normalized spacial score (nSPS) is 11.9. The lowest BCUT2D eigenvalue weighted by atomic mass is 9.96. The molecule has 0 radical (unpaired) electrons. The van der Waals surface area contributed by atoms with Gasteiger partial charge in [0.1, 0.15) is 22.3 Å². The molecule has 7 heteroatoms. The van der Waals surface area contributed by atoms with Crippen molar-refractivity contribution in [2.75, 3.05) is 0 Å². The van der Waals surface area contributed by atoms with E-state index in [1.54, 1.807) is 0 Å². The van der Waals surface area contributed by atoms with E-state index in [0.717, 1.165) is 110 Å². The molecule has 0 atom stereocenters. The summed E-state index contributed by atoms with van der Waals surface area (Å²) in [5.41, 5.74) is 15.9. The van der Waals surface area contributed by atoms with E-state index in [1.165, 1.54) is 31.3 Å². The Morgan fingerprint density at radius 3 is 1.71 bits per heavy atom. The predicted octanol–water partition coefficient (Wildman–Crippen LogP) is 19.1. The molecule has 0 spiro atoms. The largest absolute Gasteiger partial charge is 0.456 e. The zero-order chi connectivity index (χ0) is 49.8. The summed E-state index contributed by atoms with van der Waals surface area (Å²) in [4.78, 5) is 15.5. The molecule has 0 unspecified atom stereocenters. The van der Waals surface area contributed by atoms with Crippen molar-refractivity contribution in [2.24, 2.45) is 0 Å². The first-order valence-corrected chi connectivity index (χ1v) is 26.3. The highest BCUT2D eigenvalue weighted by Crippen LogP contribution is 2.44. The van der Waals surface area contributed by atoms with Gasteiger partial charge in [-0.2, -0.15) is 0 Å². The summed E-state index contributed by atoms with van der Waals surface area (Å²) in [6, 6.07) is 85.9. The maximum atomic E-state index is 6.61. The molecular formula is C69H40N4O2S. The molecule has 0 fully saturated rings. The van der Waals surface area contributed by atoms with Gasteiger partial charge in [-0.05, 0) is 89.0 Å². The number of fused-ring (bicyclic) bond motifs is 12. The summed E-state index contributed by atoms with van der Waals surface area (Å²) in [5, 5.41) is 9.22. The van der Waals surface area contributed by atoms with Crippen molar-refractivity contribution >= 4 is 97.2 Å². The molecule has 16 aromatic rings. The van der Waals surface area contributed by atoms with Crippen molar-refractivity contribution in [1.29, 1.82) is 0 Å². The van der Waals surface area contributed by atoms with E-state index in [0.29, 0.717) is 17.5 Å². The van der Waals surface area contributed by atoms with E-state index in [2.05, 4.69) is 180 Å². The third-order valence-corrected chi connectivity index (χ3v) is 16.2. The van der Waals surface area contributed by atoms with Gasteiger partial charge in [0.05, 0.1) is 11.0 Å². The second kappa shape index (κ2) is 16.8. The SMILES string of the molecule is c1ccc(-c2nc(-c3cccc(-n4c5ccc(-c6cccc7c6oc6ccccc67)cc5c5cccc(-c6cccc(-c7ccc8c(c7)sc7ccccc78)c6)c54)c3)nc(-c3ccc4c(c3)oc3ccccc34)n2)cc1. The highest BCUT2D eigenvalue weighted by atomic mass is 32.1. The molecule has 0 aliphatic carbocycles. The number of nitrogens with zero attached hydrogens (tertiary/aromatic N) is 4. The molecule has 0 aliphatic rings. The van der Waals surface area contributed by atoms with Gasteiger partial charge < -0.3 is 13.4 Å². The average molecular weight is 989 g/mol. The van der Waals surface area contributed by atoms with Crippen molar-refractivity contribution < 1.29 is 8.83 Å². The number of rotatable bonds is 7. The number of hydrogen-bond acceptors (Lipinski definition) is 6. The van der Waals surface area contributed by atoms with Gasteiger partial charge in [0.15, 0.2) is 17.5 Å². The smallest absolute Gasteiger partial charge is 0.164 e. The fourth-order valence-corrected chi connectivity index (χ4v) is 12.6. The van der Waals surface area contributed by atoms with Crippen LogP contribution < -0.4 is 0 Å². The molecule has 0 saturated heterocycles. The van der Waals surface area contributed by atoms with Gasteiger partial charge in [-0.3, -0.25) is 0 Å². The average Bonchev–Trinajstić information content (AvgIpc) is 4.26. The van der Waals surface area contributed by atoms with Crippen LogP contribution >= 0.6 is 11.3 Å². The Morgan fingerprint density at radius 2 is 0.855 bits per heavy atom. The second-order valence-corrected chi connectivity index (χ2v) is 20.6. The fourth-order valence-electron chi connectivity index (χ4n) is 11.5. The van der Waals surface area contributed by atoms with Crippen molar-refractivity contribution in [3.05, 3.63) is 243 Å². The van der Waals surface area contributed by atoms with E-state index >= 15 is 0 Å². The maximum Gasteiger partial charge on any atom is 0.164 e. The van der Waals surface area contributed by atoms with Crippen LogP contribution in [0, 0.1) is 0 Å². The van der Waals surface area contributed by atoms with Crippen LogP contribution in [0.3, 0.4) is 0 Å². The first kappa shape index (κ1) is 42.5. The van der Waals surface area contributed by atoms with Crippen LogP contribution in [0.1, 0.15) is 0 Å². The van der Waals surface area contributed by atoms with E-state index in [-0.39, 0.29) is 0 Å². The maximum absolute atomic E-state index is 6.61. The van der Waals surface area contributed by atoms with Gasteiger partial charge in [-0.1, -0.05) is 176 Å². The standard InChI is InChI=1S/C69H40N4O2S/c1-2-14-41(15-3-1)67-70-68(72-69(71-67)47-31-33-53-51-20-4-7-27-60(51)74-62(53)39-47)46-18-11-19-48(37-46)73-59-35-32-45(50-24-13-26-57-52-21-5-8-28-61(52)75-66(50)57)38-58(59)56-25-12-23-49(65(56)73)44-17-10-16-42(36-44)43-30-34-55-54-22-6-9-29-63(54)76-64(55)40-43/h1-40H. The first-order valence-electron chi connectivity index (χ1n) is 25.5. The summed E-state index contributed by atoms with van der Waals surface area (Å²) >= 11 is 1.85. The lowest BCUT2D eigenvalue weighted by molar-refractivity contribution is 0.669. The number of benzene rings is 11. The van der Waals surface area contributed by atoms with Crippen LogP contribution in [0.25, 0.3) is 159 Å². The van der Waals surface area contributed by atoms with Gasteiger partial charge in [0.25, 0.3) is 0 Å². The summed E-state index contributed by atoms with van der Waals surface area (Å²) in [7, 11) is 0. The number of hydrogen-bond donors (Lipinski definition) is 0. The number of para-hydroxylation sites is 4. The first-order chi connectivity index (χ1) is 37.6. The predicted molar refractivity (Wildman–Crippen MR) is 314 cm³/mol. The zero-order valence-electron chi connectivity index (χ0n) is 40.6. The van der Waals surface area contributed by atoms with Crippen LogP contribution in [0.15, 0.2) is 251 Å². The van der Waals surface area contributed by atoms with E-state index < -0.39 is 0 Å². The highest BCUT2D eigenvalue weighted by Gasteiger charge is 2.21. The van der Waals surface area contributed by atoms with Crippen LogP contribution in [0.2, 0.25) is 0 Å². The molecule has 5 aromatic heterocycles. The Hall–Kier alpha value is -9.95. The molecule has 5 heterocycles. The Balaban J connectivity index is 0.892. The Kier molecular flexibility index (Phi) is 9.40. The van der Waals surface area contributed by atoms with Crippen LogP contribution in [-0.2, 0) is 0 Å². The quantitative estimate of drug-likeness (QED) is 0.159. The minimum atomic E-state index is 0.564. The van der Waals surface area contributed by atoms with Crippen LogP contribution in [0.5, 0.6) is 0 Å². The monoisotopic (exact) mass is 988 g/mol. The lowest BCUT2D eigenvalue weighted by Crippen LogP contribution is -2.01. The minimum Gasteiger partial charge on any atom is -0.456 e. The topological polar surface area (TPSA) is 69.9 Å². The van der Waals surface area contributed by atoms with Gasteiger partial charge in [-0.15, -0.1) is 11.3 Å². The van der Waals surface area contributed by atoms with Gasteiger partial charge in [0, 0.05) is 86.0 Å². The molecule has 6 nitrogen and oxygen atoms in total.